The van der Waals surface area contributed by atoms with Crippen LogP contribution in [0.25, 0.3) is 0 Å². The lowest BCUT2D eigenvalue weighted by Crippen LogP contribution is -2.58. The molecule has 1 aromatic carbocycles. The molecule has 20 heavy (non-hydrogen) atoms. The Bertz CT molecular complexity index is 500. The van der Waals surface area contributed by atoms with Gasteiger partial charge in [0.25, 0.3) is 0 Å². The van der Waals surface area contributed by atoms with Gasteiger partial charge < -0.3 is 9.47 Å². The number of esters is 1. The van der Waals surface area contributed by atoms with E-state index in [1.54, 1.807) is 6.08 Å². The van der Waals surface area contributed by atoms with Crippen LogP contribution in [0.15, 0.2) is 36.9 Å². The third-order valence-corrected chi connectivity index (χ3v) is 3.66. The van der Waals surface area contributed by atoms with Crippen molar-refractivity contribution in [2.24, 2.45) is 5.92 Å². The average molecular weight is 275 g/mol. The summed E-state index contributed by atoms with van der Waals surface area (Å²) in [4.78, 5) is 12.6. The fourth-order valence-electron chi connectivity index (χ4n) is 2.65. The fourth-order valence-corrected chi connectivity index (χ4v) is 2.65. The summed E-state index contributed by atoms with van der Waals surface area (Å²) >= 11 is 0. The van der Waals surface area contributed by atoms with E-state index in [-0.39, 0.29) is 11.9 Å². The molecule has 1 heterocycles. The molecule has 2 atom stereocenters. The Morgan fingerprint density at radius 3 is 3.05 bits per heavy atom. The van der Waals surface area contributed by atoms with Crippen molar-refractivity contribution in [3.05, 3.63) is 42.5 Å². The molecule has 0 saturated carbocycles. The van der Waals surface area contributed by atoms with Gasteiger partial charge in [-0.3, -0.25) is 5.32 Å². The van der Waals surface area contributed by atoms with Gasteiger partial charge >= 0.3 is 5.97 Å². The van der Waals surface area contributed by atoms with Crippen LogP contribution in [0.4, 0.5) is 0 Å². The van der Waals surface area contributed by atoms with Crippen LogP contribution < -0.4 is 10.1 Å². The van der Waals surface area contributed by atoms with Crippen LogP contribution in [-0.2, 0) is 15.1 Å². The average Bonchev–Trinajstić information content (AvgIpc) is 2.47. The van der Waals surface area contributed by atoms with Crippen LogP contribution in [0, 0.1) is 5.92 Å². The summed E-state index contributed by atoms with van der Waals surface area (Å²) in [5.74, 6) is 0.441. The quantitative estimate of drug-likeness (QED) is 0.661. The minimum absolute atomic E-state index is 0.0311. The molecule has 108 valence electrons. The monoisotopic (exact) mass is 275 g/mol. The molecule has 0 amide bonds. The lowest BCUT2D eigenvalue weighted by atomic mass is 9.77. The molecule has 1 aromatic rings. The number of hydrogen-bond donors (Lipinski definition) is 1. The van der Waals surface area contributed by atoms with Gasteiger partial charge in [0, 0.05) is 18.0 Å². The molecule has 1 aliphatic rings. The standard InChI is InChI=1S/C16H21NO3/c1-4-10-17-16(15(18)19-5-2)12(3)11-20-14-9-7-6-8-13(14)16/h4,6-9,12,17H,1,5,10-11H2,2-3H3. The van der Waals surface area contributed by atoms with Crippen LogP contribution in [-0.4, -0.2) is 25.7 Å². The molecule has 4 nitrogen and oxygen atoms in total. The highest BCUT2D eigenvalue weighted by Gasteiger charge is 2.50. The van der Waals surface area contributed by atoms with Crippen LogP contribution in [0.1, 0.15) is 19.4 Å². The predicted molar refractivity (Wildman–Crippen MR) is 77.6 cm³/mol. The second kappa shape index (κ2) is 6.09. The summed E-state index contributed by atoms with van der Waals surface area (Å²) in [7, 11) is 0. The summed E-state index contributed by atoms with van der Waals surface area (Å²) in [5.41, 5.74) is -0.0435. The largest absolute Gasteiger partial charge is 0.493 e. The Morgan fingerprint density at radius 1 is 1.60 bits per heavy atom. The topological polar surface area (TPSA) is 47.6 Å². The van der Waals surface area contributed by atoms with Gasteiger partial charge in [0.15, 0.2) is 5.54 Å². The van der Waals surface area contributed by atoms with E-state index in [0.717, 1.165) is 11.3 Å². The summed E-state index contributed by atoms with van der Waals surface area (Å²) in [6.45, 7) is 8.87. The predicted octanol–water partition coefficient (Wildman–Crippen LogP) is 2.25. The molecule has 0 aromatic heterocycles. The Hall–Kier alpha value is -1.81. The van der Waals surface area contributed by atoms with Gasteiger partial charge in [0.1, 0.15) is 5.75 Å². The molecule has 0 saturated heterocycles. The highest BCUT2D eigenvalue weighted by molar-refractivity contribution is 5.84. The number of benzene rings is 1. The Balaban J connectivity index is 2.52. The molecule has 1 aliphatic heterocycles. The number of nitrogens with one attached hydrogen (secondary N) is 1. The normalized spacial score (nSPS) is 24.4. The van der Waals surface area contributed by atoms with Gasteiger partial charge in [-0.2, -0.15) is 0 Å². The zero-order chi connectivity index (χ0) is 14.6. The van der Waals surface area contributed by atoms with E-state index in [1.807, 2.05) is 38.1 Å². The summed E-state index contributed by atoms with van der Waals surface area (Å²) in [5, 5.41) is 3.30. The van der Waals surface area contributed by atoms with Crippen molar-refractivity contribution in [3.63, 3.8) is 0 Å². The highest BCUT2D eigenvalue weighted by atomic mass is 16.5. The molecule has 1 N–H and O–H groups in total. The van der Waals surface area contributed by atoms with Crippen LogP contribution in [0.2, 0.25) is 0 Å². The fraction of sp³-hybridized carbons (Fsp3) is 0.438. The Labute approximate surface area is 119 Å². The number of para-hydroxylation sites is 1. The summed E-state index contributed by atoms with van der Waals surface area (Å²) < 4.78 is 11.0. The lowest BCUT2D eigenvalue weighted by molar-refractivity contribution is -0.156. The number of ether oxygens (including phenoxy) is 2. The van der Waals surface area contributed by atoms with Crippen LogP contribution >= 0.6 is 0 Å². The maximum Gasteiger partial charge on any atom is 0.331 e. The minimum atomic E-state index is -0.876. The van der Waals surface area contributed by atoms with Gasteiger partial charge in [-0.15, -0.1) is 6.58 Å². The van der Waals surface area contributed by atoms with Gasteiger partial charge in [-0.05, 0) is 13.0 Å². The maximum absolute atomic E-state index is 12.6. The minimum Gasteiger partial charge on any atom is -0.493 e. The van der Waals surface area contributed by atoms with E-state index in [4.69, 9.17) is 9.47 Å². The first-order valence-corrected chi connectivity index (χ1v) is 6.92. The second-order valence-electron chi connectivity index (χ2n) is 4.91. The van der Waals surface area contributed by atoms with Gasteiger partial charge in [-0.1, -0.05) is 31.2 Å². The molecule has 2 unspecified atom stereocenters. The highest BCUT2D eigenvalue weighted by Crippen LogP contribution is 2.41. The second-order valence-corrected chi connectivity index (χ2v) is 4.91. The first-order valence-electron chi connectivity index (χ1n) is 6.92. The maximum atomic E-state index is 12.6. The summed E-state index contributed by atoms with van der Waals surface area (Å²) in [6, 6.07) is 7.60. The van der Waals surface area contributed by atoms with Crippen molar-refractivity contribution in [3.8, 4) is 5.75 Å². The SMILES string of the molecule is C=CCNC1(C(=O)OCC)c2ccccc2OCC1C. The van der Waals surface area contributed by atoms with E-state index in [1.165, 1.54) is 0 Å². The zero-order valence-corrected chi connectivity index (χ0v) is 12.0. The summed E-state index contributed by atoms with van der Waals surface area (Å²) in [6.07, 6.45) is 1.74. The first-order chi connectivity index (χ1) is 9.66. The van der Waals surface area contributed by atoms with Crippen LogP contribution in [0.3, 0.4) is 0 Å². The third-order valence-electron chi connectivity index (χ3n) is 3.66. The molecule has 2 rings (SSSR count). The van der Waals surface area contributed by atoms with Crippen molar-refractivity contribution in [2.45, 2.75) is 19.4 Å². The number of carbonyl (C=O) groups excluding carboxylic acids is 1. The van der Waals surface area contributed by atoms with Crippen molar-refractivity contribution in [1.29, 1.82) is 0 Å². The van der Waals surface area contributed by atoms with Crippen molar-refractivity contribution in [1.82, 2.24) is 5.32 Å². The number of fused-ring (bicyclic) bond motifs is 1. The smallest absolute Gasteiger partial charge is 0.331 e. The molecular formula is C16H21NO3. The van der Waals surface area contributed by atoms with Gasteiger partial charge in [-0.25, -0.2) is 4.79 Å². The van der Waals surface area contributed by atoms with Gasteiger partial charge in [0.2, 0.25) is 0 Å². The molecular weight excluding hydrogens is 254 g/mol. The molecule has 0 fully saturated rings. The first kappa shape index (κ1) is 14.6. The number of hydrogen-bond acceptors (Lipinski definition) is 4. The molecule has 0 spiro atoms. The van der Waals surface area contributed by atoms with E-state index in [2.05, 4.69) is 11.9 Å². The molecule has 0 aliphatic carbocycles. The van der Waals surface area contributed by atoms with E-state index >= 15 is 0 Å². The van der Waals surface area contributed by atoms with E-state index in [9.17, 15) is 4.79 Å². The molecule has 0 bridgehead atoms. The zero-order valence-electron chi connectivity index (χ0n) is 12.0. The van der Waals surface area contributed by atoms with Crippen molar-refractivity contribution in [2.75, 3.05) is 19.8 Å². The van der Waals surface area contributed by atoms with Crippen molar-refractivity contribution >= 4 is 5.97 Å². The lowest BCUT2D eigenvalue weighted by Gasteiger charge is -2.41. The third kappa shape index (κ3) is 2.31. The van der Waals surface area contributed by atoms with E-state index in [0.29, 0.717) is 19.8 Å². The molecule has 0 radical (unpaired) electrons. The number of carbonyl (C=O) groups is 1. The van der Waals surface area contributed by atoms with Crippen LogP contribution in [0.5, 0.6) is 5.75 Å². The van der Waals surface area contributed by atoms with E-state index < -0.39 is 5.54 Å². The molecule has 4 heteroatoms. The Kier molecular flexibility index (Phi) is 4.45. The Morgan fingerprint density at radius 2 is 2.35 bits per heavy atom. The number of rotatable bonds is 5. The van der Waals surface area contributed by atoms with Crippen molar-refractivity contribution < 1.29 is 14.3 Å². The van der Waals surface area contributed by atoms with Gasteiger partial charge in [0.05, 0.1) is 13.2 Å².